The van der Waals surface area contributed by atoms with E-state index in [1.54, 1.807) is 9.80 Å². The second-order valence-corrected chi connectivity index (χ2v) is 11.7. The number of nitrogens with two attached hydrogens (primary N) is 1. The zero-order valence-electron chi connectivity index (χ0n) is 22.3. The molecule has 5 aliphatic rings. The second-order valence-electron chi connectivity index (χ2n) is 11.7. The number of nitrogens with zero attached hydrogens (tertiary/aromatic N) is 5. The Hall–Kier alpha value is -4.15. The lowest BCUT2D eigenvalue weighted by Crippen LogP contribution is -2.55. The van der Waals surface area contributed by atoms with Gasteiger partial charge in [0.1, 0.15) is 5.69 Å². The predicted octanol–water partition coefficient (Wildman–Crippen LogP) is 4.23. The van der Waals surface area contributed by atoms with Crippen LogP contribution in [0.4, 0.5) is 18.9 Å². The Morgan fingerprint density at radius 1 is 1.10 bits per heavy atom. The van der Waals surface area contributed by atoms with E-state index in [9.17, 15) is 22.8 Å². The van der Waals surface area contributed by atoms with Crippen LogP contribution < -0.4 is 5.73 Å². The summed E-state index contributed by atoms with van der Waals surface area (Å²) in [4.78, 5) is 33.1. The van der Waals surface area contributed by atoms with Crippen molar-refractivity contribution >= 4 is 17.5 Å². The van der Waals surface area contributed by atoms with Crippen molar-refractivity contribution in [3.8, 4) is 5.69 Å². The highest BCUT2D eigenvalue weighted by Crippen LogP contribution is 2.65. The predicted molar refractivity (Wildman–Crippen MR) is 144 cm³/mol. The molecule has 3 fully saturated rings. The summed E-state index contributed by atoms with van der Waals surface area (Å²) in [7, 11) is 0. The molecule has 8 nitrogen and oxygen atoms in total. The largest absolute Gasteiger partial charge is 0.433 e. The van der Waals surface area contributed by atoms with Crippen molar-refractivity contribution in [3.05, 3.63) is 83.0 Å². The molecule has 0 radical (unpaired) electrons. The quantitative estimate of drug-likeness (QED) is 0.480. The Morgan fingerprint density at radius 2 is 1.83 bits per heavy atom. The first kappa shape index (κ1) is 25.8. The maximum atomic E-state index is 13.8. The number of nitrogen functional groups attached to an aromatic ring is 1. The molecule has 11 heteroatoms. The van der Waals surface area contributed by atoms with Gasteiger partial charge in [-0.25, -0.2) is 4.68 Å². The van der Waals surface area contributed by atoms with Crippen molar-refractivity contribution in [2.75, 3.05) is 25.4 Å². The lowest BCUT2D eigenvalue weighted by molar-refractivity contribution is -0.141. The average Bonchev–Trinajstić information content (AvgIpc) is 3.16. The molecule has 2 aromatic heterocycles. The zero-order chi connectivity index (χ0) is 28.7. The van der Waals surface area contributed by atoms with E-state index in [2.05, 4.69) is 35.8 Å². The number of alkyl halides is 3. The van der Waals surface area contributed by atoms with Gasteiger partial charge in [0.25, 0.3) is 5.91 Å². The third kappa shape index (κ3) is 3.96. The minimum atomic E-state index is -4.68. The Labute approximate surface area is 234 Å². The molecule has 3 aromatic rings. The monoisotopic (exact) mass is 562 g/mol. The SMILES string of the molecule is C=CC(=O)N1CCc2nn(-c3ccc(C45CC(C4)C5)cc3)c3c2[C@H](C1)N(C(=O)c1cnc(C(F)(F)F)cc1N)CC3. The van der Waals surface area contributed by atoms with E-state index in [1.807, 2.05) is 4.68 Å². The van der Waals surface area contributed by atoms with Crippen molar-refractivity contribution in [1.29, 1.82) is 0 Å². The first-order valence-electron chi connectivity index (χ1n) is 13.8. The number of hydrogen-bond acceptors (Lipinski definition) is 5. The van der Waals surface area contributed by atoms with Gasteiger partial charge in [0.2, 0.25) is 5.91 Å². The maximum absolute atomic E-state index is 13.8. The number of carbonyl (C=O) groups is 2. The van der Waals surface area contributed by atoms with E-state index in [1.165, 1.54) is 30.9 Å². The number of carbonyl (C=O) groups excluding carboxylic acids is 2. The molecule has 3 saturated carbocycles. The molecule has 2 amide bonds. The Bertz CT molecular complexity index is 1580. The summed E-state index contributed by atoms with van der Waals surface area (Å²) in [5.74, 6) is 0.0982. The van der Waals surface area contributed by atoms with Crippen molar-refractivity contribution in [1.82, 2.24) is 24.6 Å². The van der Waals surface area contributed by atoms with E-state index in [4.69, 9.17) is 10.8 Å². The first-order valence-corrected chi connectivity index (χ1v) is 13.8. The molecular weight excluding hydrogens is 533 g/mol. The van der Waals surface area contributed by atoms with Crippen molar-refractivity contribution in [2.45, 2.75) is 49.7 Å². The fraction of sp³-hybridized carbons (Fsp3) is 0.400. The van der Waals surface area contributed by atoms with Gasteiger partial charge in [-0.05, 0) is 60.4 Å². The molecule has 2 bridgehead atoms. The smallest absolute Gasteiger partial charge is 0.398 e. The van der Waals surface area contributed by atoms with Crippen LogP contribution in [0.1, 0.15) is 63.9 Å². The van der Waals surface area contributed by atoms with Gasteiger partial charge >= 0.3 is 6.18 Å². The molecule has 41 heavy (non-hydrogen) atoms. The van der Waals surface area contributed by atoms with E-state index >= 15 is 0 Å². The Kier molecular flexibility index (Phi) is 5.61. The molecule has 3 aliphatic carbocycles. The molecule has 2 aliphatic heterocycles. The lowest BCUT2D eigenvalue weighted by atomic mass is 9.42. The fourth-order valence-corrected chi connectivity index (χ4v) is 7.13. The van der Waals surface area contributed by atoms with Gasteiger partial charge in [0, 0.05) is 49.9 Å². The van der Waals surface area contributed by atoms with Crippen LogP contribution in [0.2, 0.25) is 0 Å². The highest BCUT2D eigenvalue weighted by Gasteiger charge is 2.57. The fourth-order valence-electron chi connectivity index (χ4n) is 7.13. The van der Waals surface area contributed by atoms with E-state index in [0.717, 1.165) is 34.8 Å². The topological polar surface area (TPSA) is 97.4 Å². The number of hydrogen-bond donors (Lipinski definition) is 1. The lowest BCUT2D eigenvalue weighted by Gasteiger charge is -2.62. The Balaban J connectivity index is 1.25. The van der Waals surface area contributed by atoms with Crippen molar-refractivity contribution < 1.29 is 22.8 Å². The van der Waals surface area contributed by atoms with Gasteiger partial charge in [-0.2, -0.15) is 18.3 Å². The molecule has 0 saturated heterocycles. The summed E-state index contributed by atoms with van der Waals surface area (Å²) < 4.78 is 41.4. The first-order chi connectivity index (χ1) is 19.6. The van der Waals surface area contributed by atoms with Gasteiger partial charge in [-0.15, -0.1) is 0 Å². The van der Waals surface area contributed by atoms with Crippen molar-refractivity contribution in [2.24, 2.45) is 5.92 Å². The van der Waals surface area contributed by atoms with E-state index in [-0.39, 0.29) is 30.2 Å². The number of anilines is 1. The third-order valence-corrected chi connectivity index (χ3v) is 9.38. The second kappa shape index (κ2) is 8.92. The summed E-state index contributed by atoms with van der Waals surface area (Å²) in [6, 6.07) is 8.74. The summed E-state index contributed by atoms with van der Waals surface area (Å²) in [6.07, 6.45) is 2.26. The van der Waals surface area contributed by atoms with Crippen LogP contribution >= 0.6 is 0 Å². The van der Waals surface area contributed by atoms with E-state index in [0.29, 0.717) is 30.9 Å². The van der Waals surface area contributed by atoms with E-state index < -0.39 is 23.8 Å². The number of halogens is 3. The molecule has 8 rings (SSSR count). The molecule has 4 heterocycles. The molecular formula is C30H29F3N6O2. The summed E-state index contributed by atoms with van der Waals surface area (Å²) in [5, 5.41) is 4.97. The van der Waals surface area contributed by atoms with Gasteiger partial charge in [0.05, 0.1) is 28.7 Å². The van der Waals surface area contributed by atoms with Gasteiger partial charge in [0.15, 0.2) is 0 Å². The minimum Gasteiger partial charge on any atom is -0.398 e. The number of rotatable bonds is 4. The molecule has 2 N–H and O–H groups in total. The number of aromatic nitrogens is 3. The molecule has 1 atom stereocenters. The average molecular weight is 563 g/mol. The molecule has 1 aromatic carbocycles. The van der Waals surface area contributed by atoms with Crippen LogP contribution in [-0.2, 0) is 29.2 Å². The van der Waals surface area contributed by atoms with Crippen LogP contribution in [0, 0.1) is 5.92 Å². The Morgan fingerprint density at radius 3 is 2.44 bits per heavy atom. The highest BCUT2D eigenvalue weighted by atomic mass is 19.4. The van der Waals surface area contributed by atoms with Crippen molar-refractivity contribution in [3.63, 3.8) is 0 Å². The third-order valence-electron chi connectivity index (χ3n) is 9.38. The van der Waals surface area contributed by atoms with Gasteiger partial charge in [-0.1, -0.05) is 18.7 Å². The maximum Gasteiger partial charge on any atom is 0.433 e. The summed E-state index contributed by atoms with van der Waals surface area (Å²) >= 11 is 0. The number of benzene rings is 1. The van der Waals surface area contributed by atoms with Crippen LogP contribution in [0.3, 0.4) is 0 Å². The molecule has 0 spiro atoms. The number of amides is 2. The summed E-state index contributed by atoms with van der Waals surface area (Å²) in [6.45, 7) is 4.50. The van der Waals surface area contributed by atoms with Crippen LogP contribution in [-0.4, -0.2) is 56.0 Å². The van der Waals surface area contributed by atoms with Gasteiger partial charge < -0.3 is 15.5 Å². The van der Waals surface area contributed by atoms with Crippen LogP contribution in [0.15, 0.2) is 49.2 Å². The normalized spacial score (nSPS) is 24.6. The van der Waals surface area contributed by atoms with Crippen LogP contribution in [0.25, 0.3) is 5.69 Å². The molecule has 212 valence electrons. The highest BCUT2D eigenvalue weighted by molar-refractivity contribution is 5.99. The molecule has 0 unspecified atom stereocenters. The standard InChI is InChI=1S/C30H29F3N6O2/c1-2-26(40)37-9-7-22-27-23(39(36-22)19-5-3-18(4-6-19)29-12-17(13-29)14-29)8-10-38(24(27)16-37)28(41)20-15-35-25(11-21(20)34)30(31,32)33/h2-6,11,15,17,24H,1,7-10,12-14,16H2,(H2,34,35)/t17?,24-,29?/m0/s1. The van der Waals surface area contributed by atoms with Crippen LogP contribution in [0.5, 0.6) is 0 Å². The zero-order valence-corrected chi connectivity index (χ0v) is 22.3. The minimum absolute atomic E-state index is 0.106. The number of pyridine rings is 1. The van der Waals surface area contributed by atoms with Gasteiger partial charge in [-0.3, -0.25) is 14.6 Å². The summed E-state index contributed by atoms with van der Waals surface area (Å²) in [5.41, 5.74) is 9.70.